The van der Waals surface area contributed by atoms with E-state index in [2.05, 4.69) is 9.36 Å². The van der Waals surface area contributed by atoms with Gasteiger partial charge < -0.3 is 5.11 Å². The van der Waals surface area contributed by atoms with Crippen molar-refractivity contribution in [1.82, 2.24) is 9.36 Å². The number of rotatable bonds is 2. The fourth-order valence-electron chi connectivity index (χ4n) is 1.50. The Morgan fingerprint density at radius 2 is 2.38 bits per heavy atom. The molecule has 1 aliphatic rings. The molecule has 1 heterocycles. The average Bonchev–Trinajstić information content (AvgIpc) is 2.64. The molecule has 1 N–H and O–H groups in total. The first-order chi connectivity index (χ1) is 6.25. The zero-order chi connectivity index (χ0) is 9.26. The van der Waals surface area contributed by atoms with Crippen molar-refractivity contribution in [3.63, 3.8) is 0 Å². The molecule has 0 unspecified atom stereocenters. The van der Waals surface area contributed by atoms with Crippen LogP contribution < -0.4 is 0 Å². The molecule has 1 fully saturated rings. The maximum Gasteiger partial charge on any atom is 0.170 e. The van der Waals surface area contributed by atoms with Crippen LogP contribution in [0, 0.1) is 6.92 Å². The second-order valence-electron chi connectivity index (χ2n) is 3.26. The first-order valence-electron chi connectivity index (χ1n) is 4.41. The largest absolute Gasteiger partial charge is 0.392 e. The molecule has 1 aromatic rings. The molecule has 0 saturated heterocycles. The fraction of sp³-hybridized carbons (Fsp3) is 0.750. The highest BCUT2D eigenvalue weighted by atomic mass is 32.2. The number of thioether (sulfide) groups is 1. The van der Waals surface area contributed by atoms with Gasteiger partial charge in [-0.25, -0.2) is 4.98 Å². The Kier molecular flexibility index (Phi) is 2.86. The normalized spacial score (nSPS) is 28.2. The van der Waals surface area contributed by atoms with Crippen LogP contribution in [0.3, 0.4) is 0 Å². The van der Waals surface area contributed by atoms with Crippen LogP contribution >= 0.6 is 23.3 Å². The van der Waals surface area contributed by atoms with Crippen molar-refractivity contribution in [2.24, 2.45) is 0 Å². The lowest BCUT2D eigenvalue weighted by Crippen LogP contribution is -2.14. The summed E-state index contributed by atoms with van der Waals surface area (Å²) in [5, 5.41) is 9.93. The Morgan fingerprint density at radius 3 is 2.92 bits per heavy atom. The van der Waals surface area contributed by atoms with Crippen LogP contribution in [0.15, 0.2) is 4.34 Å². The van der Waals surface area contributed by atoms with Gasteiger partial charge in [-0.3, -0.25) is 0 Å². The molecule has 0 amide bonds. The summed E-state index contributed by atoms with van der Waals surface area (Å²) in [6, 6.07) is 0. The number of hydrogen-bond acceptors (Lipinski definition) is 5. The van der Waals surface area contributed by atoms with Gasteiger partial charge in [0.15, 0.2) is 4.34 Å². The highest BCUT2D eigenvalue weighted by molar-refractivity contribution is 8.01. The number of aliphatic hydroxyl groups excluding tert-OH is 1. The van der Waals surface area contributed by atoms with E-state index in [1.165, 1.54) is 11.5 Å². The van der Waals surface area contributed by atoms with Gasteiger partial charge >= 0.3 is 0 Å². The Bertz CT molecular complexity index is 289. The van der Waals surface area contributed by atoms with Crippen LogP contribution in [0.2, 0.25) is 0 Å². The Morgan fingerprint density at radius 1 is 1.54 bits per heavy atom. The van der Waals surface area contributed by atoms with E-state index in [4.69, 9.17) is 0 Å². The SMILES string of the molecule is Cc1nsc(S[C@@H]2CCC[C@H]2O)n1. The molecular formula is C8H12N2OS2. The number of hydrogen-bond donors (Lipinski definition) is 1. The molecule has 0 bridgehead atoms. The van der Waals surface area contributed by atoms with E-state index in [0.29, 0.717) is 5.25 Å². The highest BCUT2D eigenvalue weighted by Gasteiger charge is 2.26. The van der Waals surface area contributed by atoms with E-state index in [1.54, 1.807) is 11.8 Å². The highest BCUT2D eigenvalue weighted by Crippen LogP contribution is 2.35. The minimum atomic E-state index is -0.144. The number of aryl methyl sites for hydroxylation is 1. The second kappa shape index (κ2) is 3.94. The zero-order valence-corrected chi connectivity index (χ0v) is 9.07. The van der Waals surface area contributed by atoms with Crippen molar-refractivity contribution in [3.05, 3.63) is 5.82 Å². The third kappa shape index (κ3) is 2.21. The lowest BCUT2D eigenvalue weighted by atomic mass is 10.3. The minimum absolute atomic E-state index is 0.144. The summed E-state index contributed by atoms with van der Waals surface area (Å²) in [6.45, 7) is 1.89. The Hall–Kier alpha value is -0.130. The molecule has 1 aromatic heterocycles. The van der Waals surface area contributed by atoms with Crippen LogP contribution in [0.4, 0.5) is 0 Å². The predicted molar refractivity (Wildman–Crippen MR) is 54.1 cm³/mol. The first-order valence-corrected chi connectivity index (χ1v) is 6.06. The monoisotopic (exact) mass is 216 g/mol. The van der Waals surface area contributed by atoms with Gasteiger partial charge in [-0.15, -0.1) is 0 Å². The van der Waals surface area contributed by atoms with Crippen LogP contribution in [0.1, 0.15) is 25.1 Å². The van der Waals surface area contributed by atoms with Crippen molar-refractivity contribution in [2.75, 3.05) is 0 Å². The number of aliphatic hydroxyl groups is 1. The summed E-state index contributed by atoms with van der Waals surface area (Å²) < 4.78 is 5.10. The van der Waals surface area contributed by atoms with Crippen LogP contribution in [0.5, 0.6) is 0 Å². The first kappa shape index (κ1) is 9.43. The van der Waals surface area contributed by atoms with Gasteiger partial charge in [0.25, 0.3) is 0 Å². The Balaban J connectivity index is 1.97. The van der Waals surface area contributed by atoms with Crippen molar-refractivity contribution in [1.29, 1.82) is 0 Å². The molecule has 0 spiro atoms. The molecule has 2 atom stereocenters. The molecular weight excluding hydrogens is 204 g/mol. The third-order valence-corrected chi connectivity index (χ3v) is 4.44. The molecule has 3 nitrogen and oxygen atoms in total. The maximum absolute atomic E-state index is 9.59. The second-order valence-corrected chi connectivity index (χ2v) is 5.50. The molecule has 1 aliphatic carbocycles. The van der Waals surface area contributed by atoms with Gasteiger partial charge in [0.2, 0.25) is 0 Å². The van der Waals surface area contributed by atoms with E-state index in [0.717, 1.165) is 29.4 Å². The molecule has 0 aliphatic heterocycles. The van der Waals surface area contributed by atoms with E-state index < -0.39 is 0 Å². The molecule has 72 valence electrons. The number of aromatic nitrogens is 2. The van der Waals surface area contributed by atoms with Crippen LogP contribution in [0.25, 0.3) is 0 Å². The molecule has 2 rings (SSSR count). The summed E-state index contributed by atoms with van der Waals surface area (Å²) in [6.07, 6.45) is 3.03. The quantitative estimate of drug-likeness (QED) is 0.819. The van der Waals surface area contributed by atoms with Crippen molar-refractivity contribution >= 4 is 23.3 Å². The predicted octanol–water partition coefficient (Wildman–Crippen LogP) is 1.85. The van der Waals surface area contributed by atoms with E-state index in [9.17, 15) is 5.11 Å². The molecule has 0 aromatic carbocycles. The molecule has 0 radical (unpaired) electrons. The topological polar surface area (TPSA) is 46.0 Å². The maximum atomic E-state index is 9.59. The summed E-state index contributed by atoms with van der Waals surface area (Å²) in [4.78, 5) is 4.27. The lowest BCUT2D eigenvalue weighted by molar-refractivity contribution is 0.188. The van der Waals surface area contributed by atoms with Gasteiger partial charge in [-0.2, -0.15) is 4.37 Å². The van der Waals surface area contributed by atoms with E-state index in [-0.39, 0.29) is 6.10 Å². The minimum Gasteiger partial charge on any atom is -0.392 e. The molecule has 1 saturated carbocycles. The van der Waals surface area contributed by atoms with E-state index >= 15 is 0 Å². The molecule has 13 heavy (non-hydrogen) atoms. The van der Waals surface area contributed by atoms with Gasteiger partial charge in [0.1, 0.15) is 5.82 Å². The summed E-state index contributed by atoms with van der Waals surface area (Å²) in [7, 11) is 0. The van der Waals surface area contributed by atoms with Gasteiger partial charge in [-0.1, -0.05) is 11.8 Å². The van der Waals surface area contributed by atoms with Crippen molar-refractivity contribution < 1.29 is 5.11 Å². The lowest BCUT2D eigenvalue weighted by Gasteiger charge is -2.10. The standard InChI is InChI=1S/C8H12N2OS2/c1-5-9-8(13-10-5)12-7-4-2-3-6(7)11/h6-7,11H,2-4H2,1H3/t6-,7-/m1/s1. The van der Waals surface area contributed by atoms with Crippen LogP contribution in [-0.2, 0) is 0 Å². The molecule has 5 heteroatoms. The van der Waals surface area contributed by atoms with Gasteiger partial charge in [0, 0.05) is 5.25 Å². The van der Waals surface area contributed by atoms with E-state index in [1.807, 2.05) is 6.92 Å². The number of nitrogens with zero attached hydrogens (tertiary/aromatic N) is 2. The smallest absolute Gasteiger partial charge is 0.170 e. The fourth-order valence-corrected chi connectivity index (χ4v) is 3.60. The summed E-state index contributed by atoms with van der Waals surface area (Å²) in [5.74, 6) is 0.833. The van der Waals surface area contributed by atoms with Gasteiger partial charge in [0.05, 0.1) is 6.10 Å². The van der Waals surface area contributed by atoms with Crippen molar-refractivity contribution in [3.8, 4) is 0 Å². The zero-order valence-electron chi connectivity index (χ0n) is 7.43. The summed E-state index contributed by atoms with van der Waals surface area (Å²) in [5.41, 5.74) is 0. The Labute approximate surface area is 85.8 Å². The average molecular weight is 216 g/mol. The van der Waals surface area contributed by atoms with Crippen molar-refractivity contribution in [2.45, 2.75) is 41.9 Å². The van der Waals surface area contributed by atoms with Crippen LogP contribution in [-0.4, -0.2) is 25.8 Å². The summed E-state index contributed by atoms with van der Waals surface area (Å²) >= 11 is 3.10. The third-order valence-electron chi connectivity index (χ3n) is 2.18. The van der Waals surface area contributed by atoms with Gasteiger partial charge in [-0.05, 0) is 37.7 Å².